The first-order valence-electron chi connectivity index (χ1n) is 14.0. The third-order valence-corrected chi connectivity index (χ3v) is 8.65. The molecule has 0 radical (unpaired) electrons. The molecule has 2 fully saturated rings. The Morgan fingerprint density at radius 3 is 2.58 bits per heavy atom. The summed E-state index contributed by atoms with van der Waals surface area (Å²) >= 11 is 0. The van der Waals surface area contributed by atoms with Gasteiger partial charge in [0, 0.05) is 23.2 Å². The fraction of sp³-hybridized carbons (Fsp3) is 0.344. The predicted octanol–water partition coefficient (Wildman–Crippen LogP) is 5.24. The second-order valence-corrected chi connectivity index (χ2v) is 11.2. The van der Waals surface area contributed by atoms with Crippen molar-refractivity contribution in [3.63, 3.8) is 0 Å². The van der Waals surface area contributed by atoms with Crippen molar-refractivity contribution in [1.29, 1.82) is 10.5 Å². The third-order valence-electron chi connectivity index (χ3n) is 8.65. The molecule has 4 aromatic rings. The number of hydrogen-bond donors (Lipinski definition) is 2. The molecule has 11 nitrogen and oxygen atoms in total. The van der Waals surface area contributed by atoms with Gasteiger partial charge in [0.2, 0.25) is 5.95 Å². The normalized spacial score (nSPS) is 20.4. The highest BCUT2D eigenvalue weighted by Crippen LogP contribution is 2.58. The largest absolute Gasteiger partial charge is 0.497 e. The summed E-state index contributed by atoms with van der Waals surface area (Å²) < 4.78 is 18.9. The first-order chi connectivity index (χ1) is 20.8. The summed E-state index contributed by atoms with van der Waals surface area (Å²) in [5, 5.41) is 21.9. The maximum Gasteiger partial charge on any atom is 0.328 e. The number of benzene rings is 2. The molecule has 6 rings (SSSR count). The average molecular weight is 578 g/mol. The second kappa shape index (κ2) is 10.8. The molecule has 0 saturated heterocycles. The van der Waals surface area contributed by atoms with Crippen molar-refractivity contribution in [2.75, 3.05) is 19.5 Å². The first-order valence-corrected chi connectivity index (χ1v) is 14.0. The van der Waals surface area contributed by atoms with E-state index in [2.05, 4.69) is 16.4 Å². The van der Waals surface area contributed by atoms with Crippen molar-refractivity contribution < 1.29 is 14.2 Å². The maximum atomic E-state index is 13.4. The molecule has 2 aromatic heterocycles. The quantitative estimate of drug-likeness (QED) is 0.255. The van der Waals surface area contributed by atoms with E-state index in [4.69, 9.17) is 29.4 Å². The lowest BCUT2D eigenvalue weighted by molar-refractivity contribution is -0.00952. The standard InChI is InChI=1S/C32H31N7O4/c1-18-12-20(6-5-11-33)13-19(2)27(18)43-29-26-28(36-30(37-29)38-32-10-9-24(32)22(15-32)16-34)39(31(40)35-26)17-21-7-8-23(41-3)14-25(21)42-4/h5-8,12-14,22,24H,9-10,15,17H2,1-4H3,(H,35,40)(H,36,37,38)/b6-5+. The summed E-state index contributed by atoms with van der Waals surface area (Å²) in [6.07, 6.45) is 5.79. The number of imidazole rings is 1. The predicted molar refractivity (Wildman–Crippen MR) is 160 cm³/mol. The van der Waals surface area contributed by atoms with E-state index >= 15 is 0 Å². The number of nitrogens with zero attached hydrogens (tertiary/aromatic N) is 5. The lowest BCUT2D eigenvalue weighted by atomic mass is 9.48. The van der Waals surface area contributed by atoms with E-state index in [0.29, 0.717) is 34.4 Å². The van der Waals surface area contributed by atoms with Crippen LogP contribution in [0.5, 0.6) is 23.1 Å². The van der Waals surface area contributed by atoms with Crippen LogP contribution < -0.4 is 25.2 Å². The number of rotatable bonds is 9. The van der Waals surface area contributed by atoms with Gasteiger partial charge in [0.25, 0.3) is 5.88 Å². The molecule has 11 heteroatoms. The van der Waals surface area contributed by atoms with Gasteiger partial charge in [-0.15, -0.1) is 0 Å². The minimum Gasteiger partial charge on any atom is -0.497 e. The zero-order valence-corrected chi connectivity index (χ0v) is 24.4. The van der Waals surface area contributed by atoms with Crippen LogP contribution in [0.2, 0.25) is 0 Å². The summed E-state index contributed by atoms with van der Waals surface area (Å²) in [6.45, 7) is 4.02. The van der Waals surface area contributed by atoms with E-state index in [0.717, 1.165) is 41.5 Å². The van der Waals surface area contributed by atoms with Crippen LogP contribution in [0.25, 0.3) is 17.2 Å². The number of H-pyrrole nitrogens is 1. The molecule has 218 valence electrons. The Balaban J connectivity index is 1.44. The van der Waals surface area contributed by atoms with Crippen LogP contribution in [0.3, 0.4) is 0 Å². The molecule has 3 unspecified atom stereocenters. The second-order valence-electron chi connectivity index (χ2n) is 11.2. The van der Waals surface area contributed by atoms with Crippen molar-refractivity contribution in [2.45, 2.75) is 45.2 Å². The van der Waals surface area contributed by atoms with Gasteiger partial charge in [-0.25, -0.2) is 4.79 Å². The van der Waals surface area contributed by atoms with Crippen molar-refractivity contribution in [1.82, 2.24) is 19.5 Å². The lowest BCUT2D eigenvalue weighted by Gasteiger charge is -2.61. The van der Waals surface area contributed by atoms with Crippen LogP contribution in [0.4, 0.5) is 5.95 Å². The molecule has 3 atom stereocenters. The number of fused-ring (bicyclic) bond motifs is 2. The first kappa shape index (κ1) is 27.9. The molecular formula is C32H31N7O4. The van der Waals surface area contributed by atoms with Gasteiger partial charge >= 0.3 is 5.69 Å². The number of hydrogen-bond acceptors (Lipinski definition) is 9. The summed E-state index contributed by atoms with van der Waals surface area (Å²) in [5.41, 5.74) is 3.47. The van der Waals surface area contributed by atoms with Crippen LogP contribution in [0.1, 0.15) is 41.5 Å². The molecule has 2 aliphatic rings. The maximum absolute atomic E-state index is 13.4. The van der Waals surface area contributed by atoms with Crippen molar-refractivity contribution in [3.8, 4) is 35.3 Å². The number of anilines is 1. The molecular weight excluding hydrogens is 546 g/mol. The Labute approximate surface area is 248 Å². The summed E-state index contributed by atoms with van der Waals surface area (Å²) in [6, 6.07) is 13.7. The SMILES string of the molecule is COc1ccc(Cn2c(=O)[nH]c3c(Oc4c(C)cc(/C=C/C#N)cc4C)nc(NC45CCC4C(C#N)C5)nc32)c(OC)c1. The van der Waals surface area contributed by atoms with Crippen LogP contribution >= 0.6 is 0 Å². The Morgan fingerprint density at radius 2 is 1.95 bits per heavy atom. The average Bonchev–Trinajstić information content (AvgIpc) is 3.31. The van der Waals surface area contributed by atoms with Gasteiger partial charge in [-0.2, -0.15) is 20.5 Å². The molecule has 0 aliphatic heterocycles. The summed E-state index contributed by atoms with van der Waals surface area (Å²) in [7, 11) is 3.15. The van der Waals surface area contributed by atoms with E-state index in [-0.39, 0.29) is 35.5 Å². The van der Waals surface area contributed by atoms with Gasteiger partial charge in [-0.3, -0.25) is 9.55 Å². The topological polar surface area (TPSA) is 151 Å². The number of ether oxygens (including phenoxy) is 3. The zero-order chi connectivity index (χ0) is 30.3. The molecule has 2 heterocycles. The zero-order valence-electron chi connectivity index (χ0n) is 24.4. The Kier molecular flexibility index (Phi) is 7.02. The van der Waals surface area contributed by atoms with Crippen LogP contribution in [-0.2, 0) is 6.54 Å². The molecule has 0 spiro atoms. The van der Waals surface area contributed by atoms with E-state index in [9.17, 15) is 10.1 Å². The minimum atomic E-state index is -0.373. The van der Waals surface area contributed by atoms with Crippen molar-refractivity contribution >= 4 is 23.2 Å². The number of aromatic amines is 1. The number of aromatic nitrogens is 4. The molecule has 2 aliphatic carbocycles. The van der Waals surface area contributed by atoms with Gasteiger partial charge in [-0.05, 0) is 86.1 Å². The fourth-order valence-electron chi connectivity index (χ4n) is 6.34. The van der Waals surface area contributed by atoms with Crippen LogP contribution in [-0.4, -0.2) is 39.3 Å². The number of allylic oxidation sites excluding steroid dienone is 1. The molecule has 0 amide bonds. The molecule has 2 aromatic carbocycles. The lowest BCUT2D eigenvalue weighted by Crippen LogP contribution is -2.65. The molecule has 2 N–H and O–H groups in total. The van der Waals surface area contributed by atoms with Crippen LogP contribution in [0, 0.1) is 48.3 Å². The minimum absolute atomic E-state index is 0.0209. The summed E-state index contributed by atoms with van der Waals surface area (Å²) in [5.74, 6) is 2.63. The highest BCUT2D eigenvalue weighted by Gasteiger charge is 2.60. The van der Waals surface area contributed by atoms with Crippen LogP contribution in [0.15, 0.2) is 41.2 Å². The van der Waals surface area contributed by atoms with Crippen molar-refractivity contribution in [3.05, 3.63) is 69.1 Å². The number of aryl methyl sites for hydroxylation is 2. The molecule has 2 saturated carbocycles. The van der Waals surface area contributed by atoms with Gasteiger partial charge in [0.15, 0.2) is 5.65 Å². The van der Waals surface area contributed by atoms with E-state index < -0.39 is 0 Å². The number of nitrogens with one attached hydrogen (secondary N) is 2. The molecule has 0 bridgehead atoms. The number of nitriles is 2. The van der Waals surface area contributed by atoms with Gasteiger partial charge < -0.3 is 19.5 Å². The monoisotopic (exact) mass is 577 g/mol. The van der Waals surface area contributed by atoms with Gasteiger partial charge in [0.1, 0.15) is 22.8 Å². The smallest absolute Gasteiger partial charge is 0.328 e. The van der Waals surface area contributed by atoms with Gasteiger partial charge in [0.05, 0.1) is 38.8 Å². The Hall–Kier alpha value is -5.29. The Morgan fingerprint density at radius 1 is 1.16 bits per heavy atom. The third kappa shape index (κ3) is 4.83. The van der Waals surface area contributed by atoms with E-state index in [1.165, 1.54) is 10.6 Å². The highest BCUT2D eigenvalue weighted by molar-refractivity contribution is 5.78. The fourth-order valence-corrected chi connectivity index (χ4v) is 6.34. The van der Waals surface area contributed by atoms with E-state index in [1.54, 1.807) is 26.4 Å². The van der Waals surface area contributed by atoms with Crippen molar-refractivity contribution in [2.24, 2.45) is 11.8 Å². The summed E-state index contributed by atoms with van der Waals surface area (Å²) in [4.78, 5) is 25.8. The van der Waals surface area contributed by atoms with Gasteiger partial charge in [-0.1, -0.05) is 0 Å². The number of methoxy groups -OCH3 is 2. The van der Waals surface area contributed by atoms with E-state index in [1.807, 2.05) is 44.2 Å². The highest BCUT2D eigenvalue weighted by atomic mass is 16.5. The Bertz CT molecular complexity index is 1890. The molecule has 43 heavy (non-hydrogen) atoms.